The van der Waals surface area contributed by atoms with Crippen molar-refractivity contribution >= 4 is 39.4 Å². The summed E-state index contributed by atoms with van der Waals surface area (Å²) < 4.78 is 24.5. The van der Waals surface area contributed by atoms with Gasteiger partial charge in [-0.25, -0.2) is 4.83 Å². The Kier molecular flexibility index (Phi) is 5.31. The monoisotopic (exact) mass is 408 g/mol. The molecule has 0 amide bonds. The van der Waals surface area contributed by atoms with Crippen LogP contribution in [0.2, 0.25) is 10.0 Å². The van der Waals surface area contributed by atoms with Crippen LogP contribution in [0, 0.1) is 6.92 Å². The second-order valence-electron chi connectivity index (χ2n) is 5.50. The van der Waals surface area contributed by atoms with Crippen molar-refractivity contribution in [3.05, 3.63) is 69.8 Å². The summed E-state index contributed by atoms with van der Waals surface area (Å²) in [7, 11) is -3.74. The topological polar surface area (TPSA) is 87.2 Å². The van der Waals surface area contributed by atoms with Crippen LogP contribution in [0.1, 0.15) is 11.1 Å². The fourth-order valence-electron chi connectivity index (χ4n) is 2.21. The molecule has 0 atom stereocenters. The molecule has 0 radical (unpaired) electrons. The lowest BCUT2D eigenvalue weighted by Crippen LogP contribution is -2.18. The number of rotatable bonds is 5. The smallest absolute Gasteiger partial charge is 0.276 e. The highest BCUT2D eigenvalue weighted by Crippen LogP contribution is 2.28. The van der Waals surface area contributed by atoms with Crippen LogP contribution < -0.4 is 4.83 Å². The second-order valence-corrected chi connectivity index (χ2v) is 7.97. The minimum absolute atomic E-state index is 0.136. The SMILES string of the molecule is Cc1ccc(S(=O)(=O)NN=Cc2cn[nH]c2-c2ccc(Cl)c(Cl)c2)cc1. The van der Waals surface area contributed by atoms with E-state index in [1.54, 1.807) is 30.3 Å². The normalized spacial score (nSPS) is 11.8. The van der Waals surface area contributed by atoms with Gasteiger partial charge in [-0.1, -0.05) is 47.0 Å². The number of aryl methyl sites for hydroxylation is 1. The molecule has 3 rings (SSSR count). The average molecular weight is 409 g/mol. The number of nitrogens with one attached hydrogen (secondary N) is 2. The van der Waals surface area contributed by atoms with Crippen molar-refractivity contribution in [3.63, 3.8) is 0 Å². The van der Waals surface area contributed by atoms with Crippen LogP contribution in [-0.4, -0.2) is 24.8 Å². The Labute approximate surface area is 160 Å². The highest BCUT2D eigenvalue weighted by atomic mass is 35.5. The highest BCUT2D eigenvalue weighted by molar-refractivity contribution is 7.89. The lowest BCUT2D eigenvalue weighted by molar-refractivity contribution is 0.584. The molecule has 0 spiro atoms. The summed E-state index contributed by atoms with van der Waals surface area (Å²) in [6, 6.07) is 11.6. The molecule has 3 aromatic rings. The van der Waals surface area contributed by atoms with Gasteiger partial charge in [0.25, 0.3) is 10.0 Å². The van der Waals surface area contributed by atoms with E-state index in [1.165, 1.54) is 24.5 Å². The van der Waals surface area contributed by atoms with E-state index in [2.05, 4.69) is 20.1 Å². The quantitative estimate of drug-likeness (QED) is 0.493. The van der Waals surface area contributed by atoms with Gasteiger partial charge in [-0.05, 0) is 31.2 Å². The van der Waals surface area contributed by atoms with Gasteiger partial charge in [0.1, 0.15) is 0 Å². The Morgan fingerprint density at radius 1 is 1.12 bits per heavy atom. The van der Waals surface area contributed by atoms with Crippen molar-refractivity contribution in [2.24, 2.45) is 5.10 Å². The Morgan fingerprint density at radius 3 is 2.54 bits per heavy atom. The first kappa shape index (κ1) is 18.4. The van der Waals surface area contributed by atoms with E-state index in [0.717, 1.165) is 11.1 Å². The molecule has 2 N–H and O–H groups in total. The van der Waals surface area contributed by atoms with Gasteiger partial charge in [-0.15, -0.1) is 0 Å². The number of aromatic amines is 1. The molecule has 2 aromatic carbocycles. The van der Waals surface area contributed by atoms with Crippen molar-refractivity contribution in [1.82, 2.24) is 15.0 Å². The lowest BCUT2D eigenvalue weighted by Gasteiger charge is -2.04. The number of sulfonamides is 1. The molecule has 0 aliphatic rings. The average Bonchev–Trinajstić information content (AvgIpc) is 3.06. The van der Waals surface area contributed by atoms with Crippen LogP contribution in [0.3, 0.4) is 0 Å². The van der Waals surface area contributed by atoms with Gasteiger partial charge in [-0.2, -0.15) is 18.6 Å². The maximum Gasteiger partial charge on any atom is 0.276 e. The van der Waals surface area contributed by atoms with Gasteiger partial charge >= 0.3 is 0 Å². The third kappa shape index (κ3) is 4.07. The van der Waals surface area contributed by atoms with Crippen LogP contribution in [0.5, 0.6) is 0 Å². The van der Waals surface area contributed by atoms with E-state index in [9.17, 15) is 8.42 Å². The predicted octanol–water partition coefficient (Wildman–Crippen LogP) is 4.00. The molecule has 0 saturated carbocycles. The minimum atomic E-state index is -3.74. The summed E-state index contributed by atoms with van der Waals surface area (Å²) in [6.45, 7) is 1.88. The van der Waals surface area contributed by atoms with Crippen molar-refractivity contribution in [2.75, 3.05) is 0 Å². The highest BCUT2D eigenvalue weighted by Gasteiger charge is 2.12. The van der Waals surface area contributed by atoms with Gasteiger partial charge in [0.05, 0.1) is 33.0 Å². The van der Waals surface area contributed by atoms with Gasteiger partial charge in [0, 0.05) is 11.1 Å². The van der Waals surface area contributed by atoms with Gasteiger partial charge in [-0.3, -0.25) is 5.10 Å². The van der Waals surface area contributed by atoms with Gasteiger partial charge < -0.3 is 0 Å². The maximum absolute atomic E-state index is 12.2. The first-order chi connectivity index (χ1) is 12.4. The molecule has 0 bridgehead atoms. The minimum Gasteiger partial charge on any atom is -0.277 e. The van der Waals surface area contributed by atoms with Crippen LogP contribution in [-0.2, 0) is 10.0 Å². The van der Waals surface area contributed by atoms with Crippen molar-refractivity contribution in [1.29, 1.82) is 0 Å². The molecular formula is C17H14Cl2N4O2S. The molecule has 0 unspecified atom stereocenters. The van der Waals surface area contributed by atoms with E-state index >= 15 is 0 Å². The van der Waals surface area contributed by atoms with E-state index in [1.807, 2.05) is 6.92 Å². The Balaban J connectivity index is 1.81. The fourth-order valence-corrected chi connectivity index (χ4v) is 3.30. The van der Waals surface area contributed by atoms with Crippen LogP contribution in [0.15, 0.2) is 58.7 Å². The summed E-state index contributed by atoms with van der Waals surface area (Å²) in [5.74, 6) is 0. The van der Waals surface area contributed by atoms with Crippen LogP contribution in [0.25, 0.3) is 11.3 Å². The molecule has 1 aromatic heterocycles. The predicted molar refractivity (Wildman–Crippen MR) is 103 cm³/mol. The number of halogens is 2. The molecule has 134 valence electrons. The van der Waals surface area contributed by atoms with Gasteiger partial charge in [0.2, 0.25) is 0 Å². The Hall–Kier alpha value is -2.35. The summed E-state index contributed by atoms with van der Waals surface area (Å²) in [5, 5.41) is 11.5. The molecule has 1 heterocycles. The van der Waals surface area contributed by atoms with E-state index in [4.69, 9.17) is 23.2 Å². The second kappa shape index (κ2) is 7.49. The van der Waals surface area contributed by atoms with E-state index < -0.39 is 10.0 Å². The van der Waals surface area contributed by atoms with E-state index in [-0.39, 0.29) is 4.90 Å². The molecule has 9 heteroatoms. The summed E-state index contributed by atoms with van der Waals surface area (Å²) in [4.78, 5) is 2.32. The molecule has 26 heavy (non-hydrogen) atoms. The maximum atomic E-state index is 12.2. The largest absolute Gasteiger partial charge is 0.277 e. The summed E-state index contributed by atoms with van der Waals surface area (Å²) in [6.07, 6.45) is 2.90. The zero-order valence-electron chi connectivity index (χ0n) is 13.6. The molecular weight excluding hydrogens is 395 g/mol. The van der Waals surface area contributed by atoms with Gasteiger partial charge in [0.15, 0.2) is 0 Å². The lowest BCUT2D eigenvalue weighted by atomic mass is 10.1. The number of benzene rings is 2. The molecule has 0 fully saturated rings. The third-order valence-corrected chi connectivity index (χ3v) is 5.56. The number of hydrogen-bond donors (Lipinski definition) is 2. The summed E-state index contributed by atoms with van der Waals surface area (Å²) >= 11 is 12.0. The Morgan fingerprint density at radius 2 is 1.85 bits per heavy atom. The first-order valence-electron chi connectivity index (χ1n) is 7.47. The van der Waals surface area contributed by atoms with Crippen molar-refractivity contribution in [3.8, 4) is 11.3 Å². The first-order valence-corrected chi connectivity index (χ1v) is 9.71. The van der Waals surface area contributed by atoms with Crippen molar-refractivity contribution in [2.45, 2.75) is 11.8 Å². The van der Waals surface area contributed by atoms with Crippen LogP contribution >= 0.6 is 23.2 Å². The molecule has 0 saturated heterocycles. The fraction of sp³-hybridized carbons (Fsp3) is 0.0588. The molecule has 0 aliphatic heterocycles. The van der Waals surface area contributed by atoms with E-state index in [0.29, 0.717) is 21.3 Å². The summed E-state index contributed by atoms with van der Waals surface area (Å²) in [5.41, 5.74) is 2.95. The number of hydrogen-bond acceptors (Lipinski definition) is 4. The van der Waals surface area contributed by atoms with Crippen LogP contribution in [0.4, 0.5) is 0 Å². The third-order valence-electron chi connectivity index (χ3n) is 3.58. The molecule has 6 nitrogen and oxygen atoms in total. The number of aromatic nitrogens is 2. The zero-order valence-corrected chi connectivity index (χ0v) is 15.9. The number of H-pyrrole nitrogens is 1. The number of hydrazone groups is 1. The molecule has 0 aliphatic carbocycles. The Bertz CT molecular complexity index is 1060. The standard InChI is InChI=1S/C17H14Cl2N4O2S/c1-11-2-5-14(6-3-11)26(24,25)23-21-10-13-9-20-22-17(13)12-4-7-15(18)16(19)8-12/h2-10,23H,1H3,(H,20,22). The van der Waals surface area contributed by atoms with Crippen molar-refractivity contribution < 1.29 is 8.42 Å². The number of nitrogens with zero attached hydrogens (tertiary/aromatic N) is 2. The zero-order chi connectivity index (χ0) is 18.7.